The Hall–Kier alpha value is -1.03. The molecule has 17 heavy (non-hydrogen) atoms. The van der Waals surface area contributed by atoms with Crippen molar-refractivity contribution in [3.8, 4) is 0 Å². The number of hydrogen-bond donors (Lipinski definition) is 1. The van der Waals surface area contributed by atoms with Gasteiger partial charge in [-0.05, 0) is 34.5 Å². The first-order chi connectivity index (χ1) is 8.24. The Balaban J connectivity index is 2.23. The number of rotatable bonds is 6. The molecular weight excluding hydrogens is 282 g/mol. The molecule has 0 aliphatic rings. The second-order valence-electron chi connectivity index (χ2n) is 3.65. The molecule has 0 saturated heterocycles. The van der Waals surface area contributed by atoms with Gasteiger partial charge in [0.15, 0.2) is 0 Å². The zero-order chi connectivity index (χ0) is 12.5. The smallest absolute Gasteiger partial charge is 0.411 e. The maximum Gasteiger partial charge on any atom is 0.411 e. The molecule has 1 aromatic rings. The van der Waals surface area contributed by atoms with E-state index < -0.39 is 6.09 Å². The number of hydrogen-bond acceptors (Lipinski definition) is 2. The molecule has 0 atom stereocenters. The third kappa shape index (κ3) is 5.73. The fraction of sp³-hybridized carbons (Fsp3) is 0.385. The molecule has 1 aromatic carbocycles. The van der Waals surface area contributed by atoms with Gasteiger partial charge in [0.2, 0.25) is 0 Å². The monoisotopic (exact) mass is 298 g/mol. The van der Waals surface area contributed by atoms with E-state index in [2.05, 4.69) is 28.2 Å². The van der Waals surface area contributed by atoms with E-state index in [0.717, 1.165) is 35.8 Å². The van der Waals surface area contributed by atoms with Crippen LogP contribution in [0.3, 0.4) is 0 Å². The maximum atomic E-state index is 11.4. The van der Waals surface area contributed by atoms with E-state index in [-0.39, 0.29) is 0 Å². The van der Waals surface area contributed by atoms with Crippen LogP contribution in [0.2, 0.25) is 0 Å². The molecule has 3 nitrogen and oxygen atoms in total. The third-order valence-corrected chi connectivity index (χ3v) is 2.93. The molecule has 1 N–H and O–H groups in total. The predicted octanol–water partition coefficient (Wildman–Crippen LogP) is 4.39. The lowest BCUT2D eigenvalue weighted by molar-refractivity contribution is 0.159. The second-order valence-corrected chi connectivity index (χ2v) is 4.51. The van der Waals surface area contributed by atoms with Crippen LogP contribution >= 0.6 is 15.9 Å². The quantitative estimate of drug-likeness (QED) is 0.791. The van der Waals surface area contributed by atoms with Gasteiger partial charge in [-0.1, -0.05) is 38.3 Å². The number of amides is 1. The predicted molar refractivity (Wildman–Crippen MR) is 72.9 cm³/mol. The highest BCUT2D eigenvalue weighted by atomic mass is 79.9. The van der Waals surface area contributed by atoms with Crippen LogP contribution in [-0.4, -0.2) is 12.7 Å². The summed E-state index contributed by atoms with van der Waals surface area (Å²) in [6, 6.07) is 7.42. The highest BCUT2D eigenvalue weighted by Gasteiger charge is 2.04. The van der Waals surface area contributed by atoms with Gasteiger partial charge in [0, 0.05) is 4.47 Å². The summed E-state index contributed by atoms with van der Waals surface area (Å²) in [5.41, 5.74) is 0.718. The number of para-hydroxylation sites is 1. The highest BCUT2D eigenvalue weighted by molar-refractivity contribution is 9.10. The Morgan fingerprint density at radius 2 is 2.06 bits per heavy atom. The van der Waals surface area contributed by atoms with Crippen molar-refractivity contribution in [2.24, 2.45) is 0 Å². The number of halogens is 1. The number of anilines is 1. The molecule has 0 unspecified atom stereocenters. The van der Waals surface area contributed by atoms with Gasteiger partial charge >= 0.3 is 6.09 Å². The molecule has 0 aromatic heterocycles. The van der Waals surface area contributed by atoms with Crippen molar-refractivity contribution in [1.82, 2.24) is 0 Å². The first-order valence-electron chi connectivity index (χ1n) is 5.71. The van der Waals surface area contributed by atoms with Gasteiger partial charge in [-0.3, -0.25) is 5.32 Å². The lowest BCUT2D eigenvalue weighted by atomic mass is 10.2. The van der Waals surface area contributed by atoms with E-state index in [1.165, 1.54) is 0 Å². The lowest BCUT2D eigenvalue weighted by Crippen LogP contribution is -2.14. The number of carbonyl (C=O) groups is 1. The average Bonchev–Trinajstić information content (AvgIpc) is 2.32. The van der Waals surface area contributed by atoms with Gasteiger partial charge < -0.3 is 4.74 Å². The molecule has 1 radical (unpaired) electrons. The van der Waals surface area contributed by atoms with Crippen molar-refractivity contribution in [2.75, 3.05) is 11.9 Å². The Bertz CT molecular complexity index is 355. The summed E-state index contributed by atoms with van der Waals surface area (Å²) >= 11 is 3.35. The number of unbranched alkanes of at least 4 members (excludes halogenated alkanes) is 3. The largest absolute Gasteiger partial charge is 0.449 e. The number of ether oxygens (including phenoxy) is 1. The summed E-state index contributed by atoms with van der Waals surface area (Å²) in [6.45, 7) is 4.21. The molecule has 0 bridgehead atoms. The van der Waals surface area contributed by atoms with E-state index in [1.807, 2.05) is 24.3 Å². The zero-order valence-electron chi connectivity index (χ0n) is 9.75. The molecule has 0 saturated carbocycles. The Kier molecular flexibility index (Phi) is 6.70. The van der Waals surface area contributed by atoms with E-state index in [1.54, 1.807) is 0 Å². The summed E-state index contributed by atoms with van der Waals surface area (Å²) in [4.78, 5) is 11.4. The van der Waals surface area contributed by atoms with Crippen molar-refractivity contribution >= 4 is 27.7 Å². The number of nitrogens with one attached hydrogen (secondary N) is 1. The van der Waals surface area contributed by atoms with Crippen LogP contribution in [-0.2, 0) is 4.74 Å². The van der Waals surface area contributed by atoms with Crippen LogP contribution in [0.1, 0.15) is 25.7 Å². The van der Waals surface area contributed by atoms with Crippen molar-refractivity contribution in [3.05, 3.63) is 35.7 Å². The van der Waals surface area contributed by atoms with E-state index >= 15 is 0 Å². The number of benzene rings is 1. The molecule has 4 heteroatoms. The second kappa shape index (κ2) is 8.12. The van der Waals surface area contributed by atoms with Crippen molar-refractivity contribution < 1.29 is 9.53 Å². The summed E-state index contributed by atoms with van der Waals surface area (Å²) < 4.78 is 5.90. The van der Waals surface area contributed by atoms with Crippen molar-refractivity contribution in [3.63, 3.8) is 0 Å². The SMILES string of the molecule is [CH2]CCCCCOC(=O)Nc1ccccc1Br. The lowest BCUT2D eigenvalue weighted by Gasteiger charge is -2.08. The van der Waals surface area contributed by atoms with Gasteiger partial charge in [0.05, 0.1) is 12.3 Å². The molecular formula is C13H17BrNO2. The third-order valence-electron chi connectivity index (χ3n) is 2.24. The van der Waals surface area contributed by atoms with Gasteiger partial charge in [0.1, 0.15) is 0 Å². The van der Waals surface area contributed by atoms with E-state index in [4.69, 9.17) is 4.74 Å². The molecule has 1 amide bonds. The topological polar surface area (TPSA) is 38.3 Å². The molecule has 0 aliphatic heterocycles. The maximum absolute atomic E-state index is 11.4. The summed E-state index contributed by atoms with van der Waals surface area (Å²) in [5, 5.41) is 2.68. The normalized spacial score (nSPS) is 10.0. The fourth-order valence-corrected chi connectivity index (χ4v) is 1.71. The molecule has 0 fully saturated rings. The van der Waals surface area contributed by atoms with Gasteiger partial charge in [-0.25, -0.2) is 4.79 Å². The van der Waals surface area contributed by atoms with Crippen LogP contribution in [0.15, 0.2) is 28.7 Å². The van der Waals surface area contributed by atoms with Crippen molar-refractivity contribution in [2.45, 2.75) is 25.7 Å². The zero-order valence-corrected chi connectivity index (χ0v) is 11.3. The molecule has 93 valence electrons. The van der Waals surface area contributed by atoms with Crippen molar-refractivity contribution in [1.29, 1.82) is 0 Å². The van der Waals surface area contributed by atoms with Crippen LogP contribution in [0.5, 0.6) is 0 Å². The Morgan fingerprint density at radius 1 is 1.29 bits per heavy atom. The van der Waals surface area contributed by atoms with Gasteiger partial charge in [0.25, 0.3) is 0 Å². The van der Waals surface area contributed by atoms with Crippen LogP contribution in [0.25, 0.3) is 0 Å². The van der Waals surface area contributed by atoms with Crippen LogP contribution < -0.4 is 5.32 Å². The molecule has 0 heterocycles. The van der Waals surface area contributed by atoms with Crippen LogP contribution in [0, 0.1) is 6.92 Å². The van der Waals surface area contributed by atoms with Gasteiger partial charge in [-0.15, -0.1) is 0 Å². The van der Waals surface area contributed by atoms with Gasteiger partial charge in [-0.2, -0.15) is 0 Å². The minimum atomic E-state index is -0.411. The first-order valence-corrected chi connectivity index (χ1v) is 6.51. The molecule has 0 spiro atoms. The average molecular weight is 299 g/mol. The van der Waals surface area contributed by atoms with Crippen LogP contribution in [0.4, 0.5) is 10.5 Å². The molecule has 1 rings (SSSR count). The standard InChI is InChI=1S/C13H17BrNO2/c1-2-3-4-7-10-17-13(16)15-12-9-6-5-8-11(12)14/h5-6,8-9H,1-4,7,10H2,(H,15,16). The Morgan fingerprint density at radius 3 is 2.76 bits per heavy atom. The fourth-order valence-electron chi connectivity index (χ4n) is 1.33. The summed E-state index contributed by atoms with van der Waals surface area (Å²) in [6.07, 6.45) is 3.54. The number of carbonyl (C=O) groups excluding carboxylic acids is 1. The minimum absolute atomic E-state index is 0.411. The summed E-state index contributed by atoms with van der Waals surface area (Å²) in [7, 11) is 0. The molecule has 0 aliphatic carbocycles. The Labute approximate surface area is 111 Å². The first kappa shape index (κ1) is 14.0. The van der Waals surface area contributed by atoms with E-state index in [9.17, 15) is 4.79 Å². The summed E-state index contributed by atoms with van der Waals surface area (Å²) in [5.74, 6) is 0. The minimum Gasteiger partial charge on any atom is -0.449 e. The highest BCUT2D eigenvalue weighted by Crippen LogP contribution is 2.21. The van der Waals surface area contributed by atoms with E-state index in [0.29, 0.717) is 6.61 Å².